The van der Waals surface area contributed by atoms with Crippen LogP contribution in [0.25, 0.3) is 5.65 Å². The van der Waals surface area contributed by atoms with Crippen LogP contribution >= 0.6 is 0 Å². The van der Waals surface area contributed by atoms with Crippen LogP contribution in [0.1, 0.15) is 0 Å². The van der Waals surface area contributed by atoms with E-state index in [0.717, 1.165) is 0 Å². The first-order valence-corrected chi connectivity index (χ1v) is 4.89. The van der Waals surface area contributed by atoms with E-state index in [1.165, 1.54) is 4.52 Å². The third-order valence-corrected chi connectivity index (χ3v) is 1.91. The normalized spacial score (nSPS) is 10.6. The van der Waals surface area contributed by atoms with E-state index in [2.05, 4.69) is 25.8 Å². The Hall–Kier alpha value is -2.29. The monoisotopic (exact) mass is 237 g/mol. The number of amides is 1. The Kier molecular flexibility index (Phi) is 3.40. The summed E-state index contributed by atoms with van der Waals surface area (Å²) < 4.78 is 6.51. The highest BCUT2D eigenvalue weighted by molar-refractivity contribution is 5.74. The van der Waals surface area contributed by atoms with Crippen molar-refractivity contribution in [2.24, 2.45) is 5.73 Å². The lowest BCUT2D eigenvalue weighted by molar-refractivity contribution is -0.122. The van der Waals surface area contributed by atoms with Gasteiger partial charge in [0.2, 0.25) is 5.91 Å². The lowest BCUT2D eigenvalue weighted by atomic mass is 10.6. The molecule has 0 fully saturated rings. The van der Waals surface area contributed by atoms with Crippen molar-refractivity contribution in [3.05, 3.63) is 12.4 Å². The molecular weight excluding hydrogens is 226 g/mol. The Bertz CT molecular complexity index is 511. The largest absolute Gasteiger partial charge is 0.370 e. The smallest absolute Gasteiger partial charge is 0.243 e. The minimum atomic E-state index is -0.491. The Labute approximate surface area is 96.0 Å². The number of ether oxygens (including phenoxy) is 1. The number of fused-ring (bicyclic) bond motifs is 1. The van der Waals surface area contributed by atoms with E-state index in [1.54, 1.807) is 12.4 Å². The molecule has 90 valence electrons. The maximum absolute atomic E-state index is 10.4. The molecule has 0 aliphatic heterocycles. The zero-order valence-electron chi connectivity index (χ0n) is 8.91. The number of anilines is 1. The van der Waals surface area contributed by atoms with Crippen LogP contribution in [-0.2, 0) is 9.53 Å². The summed E-state index contributed by atoms with van der Waals surface area (Å²) in [6, 6.07) is 0. The minimum Gasteiger partial charge on any atom is -0.370 e. The Morgan fingerprint density at radius 1 is 1.53 bits per heavy atom. The molecule has 0 saturated carbocycles. The van der Waals surface area contributed by atoms with E-state index in [-0.39, 0.29) is 6.61 Å². The third-order valence-electron chi connectivity index (χ3n) is 1.91. The van der Waals surface area contributed by atoms with Gasteiger partial charge in [0.25, 0.3) is 0 Å². The number of primary amides is 1. The molecule has 0 aliphatic rings. The maximum atomic E-state index is 10.4. The van der Waals surface area contributed by atoms with E-state index < -0.39 is 5.91 Å². The molecule has 0 spiro atoms. The molecule has 0 aliphatic carbocycles. The van der Waals surface area contributed by atoms with Gasteiger partial charge in [-0.05, 0) is 10.4 Å². The molecule has 0 saturated heterocycles. The van der Waals surface area contributed by atoms with Gasteiger partial charge in [-0.15, -0.1) is 5.10 Å². The van der Waals surface area contributed by atoms with E-state index in [4.69, 9.17) is 10.5 Å². The summed E-state index contributed by atoms with van der Waals surface area (Å²) in [6.07, 6.45) is 3.15. The van der Waals surface area contributed by atoms with E-state index >= 15 is 0 Å². The van der Waals surface area contributed by atoms with Crippen molar-refractivity contribution in [3.63, 3.8) is 0 Å². The van der Waals surface area contributed by atoms with Crippen molar-refractivity contribution in [1.29, 1.82) is 0 Å². The predicted molar refractivity (Wildman–Crippen MR) is 57.1 cm³/mol. The highest BCUT2D eigenvalue weighted by Gasteiger charge is 2.02. The van der Waals surface area contributed by atoms with Gasteiger partial charge in [0.1, 0.15) is 12.4 Å². The number of carbonyl (C=O) groups excluding carboxylic acids is 1. The Morgan fingerprint density at radius 2 is 2.41 bits per heavy atom. The molecule has 2 aromatic rings. The number of aromatic nitrogens is 5. The van der Waals surface area contributed by atoms with Gasteiger partial charge >= 0.3 is 0 Å². The van der Waals surface area contributed by atoms with Crippen LogP contribution in [-0.4, -0.2) is 50.7 Å². The molecule has 9 nitrogen and oxygen atoms in total. The van der Waals surface area contributed by atoms with Crippen molar-refractivity contribution in [2.45, 2.75) is 0 Å². The first-order chi connectivity index (χ1) is 8.27. The fourth-order valence-corrected chi connectivity index (χ4v) is 1.22. The van der Waals surface area contributed by atoms with Crippen molar-refractivity contribution in [1.82, 2.24) is 25.0 Å². The molecular formula is C8H11N7O2. The lowest BCUT2D eigenvalue weighted by Gasteiger charge is -2.06. The second-order valence-electron chi connectivity index (χ2n) is 3.19. The van der Waals surface area contributed by atoms with Crippen LogP contribution in [0, 0.1) is 0 Å². The summed E-state index contributed by atoms with van der Waals surface area (Å²) in [7, 11) is 0. The number of tetrazole rings is 1. The van der Waals surface area contributed by atoms with Crippen molar-refractivity contribution >= 4 is 17.4 Å². The van der Waals surface area contributed by atoms with Gasteiger partial charge in [-0.2, -0.15) is 4.52 Å². The summed E-state index contributed by atoms with van der Waals surface area (Å²) in [5.74, 6) is 0.157. The summed E-state index contributed by atoms with van der Waals surface area (Å²) in [5.41, 5.74) is 5.47. The summed E-state index contributed by atoms with van der Waals surface area (Å²) in [6.45, 7) is 0.754. The first kappa shape index (κ1) is 11.2. The molecule has 3 N–H and O–H groups in total. The van der Waals surface area contributed by atoms with Crippen LogP contribution in [0.3, 0.4) is 0 Å². The SMILES string of the molecule is NC(=O)COCCNc1cncc2nnnn12. The second-order valence-corrected chi connectivity index (χ2v) is 3.19. The molecule has 0 radical (unpaired) electrons. The number of carbonyl (C=O) groups is 1. The van der Waals surface area contributed by atoms with Crippen LogP contribution < -0.4 is 11.1 Å². The van der Waals surface area contributed by atoms with Crippen molar-refractivity contribution < 1.29 is 9.53 Å². The van der Waals surface area contributed by atoms with Gasteiger partial charge in [-0.25, -0.2) is 0 Å². The average molecular weight is 237 g/mol. The van der Waals surface area contributed by atoms with Gasteiger partial charge in [0.15, 0.2) is 5.65 Å². The average Bonchev–Trinajstić information content (AvgIpc) is 2.77. The van der Waals surface area contributed by atoms with Gasteiger partial charge in [0, 0.05) is 6.54 Å². The lowest BCUT2D eigenvalue weighted by Crippen LogP contribution is -2.21. The number of nitrogens with one attached hydrogen (secondary N) is 1. The molecule has 1 amide bonds. The van der Waals surface area contributed by atoms with E-state index in [1.807, 2.05) is 0 Å². The fourth-order valence-electron chi connectivity index (χ4n) is 1.22. The molecule has 17 heavy (non-hydrogen) atoms. The number of nitrogens with zero attached hydrogens (tertiary/aromatic N) is 5. The standard InChI is InChI=1S/C8H11N7O2/c9-6(16)5-17-2-1-11-7-3-10-4-8-12-13-14-15(7)8/h3-4,11H,1-2,5H2,(H2,9,16). The third kappa shape index (κ3) is 2.84. The maximum Gasteiger partial charge on any atom is 0.243 e. The second kappa shape index (κ2) is 5.16. The first-order valence-electron chi connectivity index (χ1n) is 4.89. The van der Waals surface area contributed by atoms with Crippen LogP contribution in [0.5, 0.6) is 0 Å². The van der Waals surface area contributed by atoms with Crippen molar-refractivity contribution in [3.8, 4) is 0 Å². The topological polar surface area (TPSA) is 120 Å². The zero-order chi connectivity index (χ0) is 12.1. The van der Waals surface area contributed by atoms with Gasteiger partial charge < -0.3 is 15.8 Å². The summed E-state index contributed by atoms with van der Waals surface area (Å²) in [5, 5.41) is 14.1. The molecule has 0 unspecified atom stereocenters. The molecule has 2 aromatic heterocycles. The number of hydrogen-bond donors (Lipinski definition) is 2. The van der Waals surface area contributed by atoms with E-state index in [0.29, 0.717) is 24.6 Å². The summed E-state index contributed by atoms with van der Waals surface area (Å²) in [4.78, 5) is 14.4. The Morgan fingerprint density at radius 3 is 3.24 bits per heavy atom. The predicted octanol–water partition coefficient (Wildman–Crippen LogP) is -1.57. The highest BCUT2D eigenvalue weighted by Crippen LogP contribution is 2.04. The van der Waals surface area contributed by atoms with Crippen molar-refractivity contribution in [2.75, 3.05) is 25.1 Å². The summed E-state index contributed by atoms with van der Waals surface area (Å²) >= 11 is 0. The van der Waals surface area contributed by atoms with Gasteiger partial charge in [-0.3, -0.25) is 9.78 Å². The minimum absolute atomic E-state index is 0.0883. The molecule has 0 bridgehead atoms. The van der Waals surface area contributed by atoms with E-state index in [9.17, 15) is 4.79 Å². The van der Waals surface area contributed by atoms with Crippen LogP contribution in [0.4, 0.5) is 5.82 Å². The molecule has 2 heterocycles. The number of hydrogen-bond acceptors (Lipinski definition) is 7. The fraction of sp³-hybridized carbons (Fsp3) is 0.375. The van der Waals surface area contributed by atoms with Crippen LogP contribution in [0.2, 0.25) is 0 Å². The van der Waals surface area contributed by atoms with Gasteiger partial charge in [0.05, 0.1) is 19.0 Å². The Balaban J connectivity index is 1.86. The molecule has 0 aromatic carbocycles. The van der Waals surface area contributed by atoms with Gasteiger partial charge in [-0.1, -0.05) is 0 Å². The number of rotatable bonds is 6. The quantitative estimate of drug-likeness (QED) is 0.582. The molecule has 9 heteroatoms. The number of nitrogens with two attached hydrogens (primary N) is 1. The van der Waals surface area contributed by atoms with Crippen LogP contribution in [0.15, 0.2) is 12.4 Å². The highest BCUT2D eigenvalue weighted by atomic mass is 16.5. The molecule has 0 atom stereocenters. The molecule has 2 rings (SSSR count). The zero-order valence-corrected chi connectivity index (χ0v) is 8.91.